The van der Waals surface area contributed by atoms with Crippen LogP contribution in [0.25, 0.3) is 0 Å². The van der Waals surface area contributed by atoms with Crippen molar-refractivity contribution in [3.8, 4) is 0 Å². The zero-order chi connectivity index (χ0) is 45.2. The lowest BCUT2D eigenvalue weighted by Crippen LogP contribution is -2.46. The number of amides is 1. The molecule has 0 aromatic rings. The van der Waals surface area contributed by atoms with Gasteiger partial charge in [0.1, 0.15) is 6.10 Å². The minimum Gasteiger partial charge on any atom is -0.462 e. The fraction of sp³-hybridized carbons (Fsp3) is 0.679. The molecule has 3 N–H and O–H groups in total. The van der Waals surface area contributed by atoms with Gasteiger partial charge >= 0.3 is 5.97 Å². The average molecular weight is 862 g/mol. The SMILES string of the molecule is CC/C=C/C=C/C=C\C=C/C=C/CCCCCC(=O)OC(CCCCC\C=C/C=C/C=C/CC)CC(=O)NC(CO)C(O)CCCCCCCCCCCCCCCCCCC. The first-order valence-corrected chi connectivity index (χ1v) is 25.6. The minimum atomic E-state index is -0.810. The second-order valence-electron chi connectivity index (χ2n) is 17.0. The molecule has 1 amide bonds. The maximum absolute atomic E-state index is 13.2. The number of unbranched alkanes of at least 4 members (excludes halogenated alkanes) is 22. The molecule has 0 saturated heterocycles. The Labute approximate surface area is 382 Å². The number of nitrogens with one attached hydrogen (secondary N) is 1. The van der Waals surface area contributed by atoms with Gasteiger partial charge in [0.15, 0.2) is 0 Å². The molecule has 0 fully saturated rings. The van der Waals surface area contributed by atoms with Crippen LogP contribution >= 0.6 is 0 Å². The Morgan fingerprint density at radius 3 is 1.32 bits per heavy atom. The molecule has 6 nitrogen and oxygen atoms in total. The molecule has 0 aliphatic carbocycles. The van der Waals surface area contributed by atoms with E-state index in [2.05, 4.69) is 68.6 Å². The van der Waals surface area contributed by atoms with Crippen LogP contribution in [0.3, 0.4) is 0 Å². The van der Waals surface area contributed by atoms with E-state index in [1.165, 1.54) is 89.9 Å². The van der Waals surface area contributed by atoms with Crippen molar-refractivity contribution < 1.29 is 24.5 Å². The molecule has 0 aliphatic rings. The summed E-state index contributed by atoms with van der Waals surface area (Å²) in [6, 6.07) is -0.727. The predicted octanol–water partition coefficient (Wildman–Crippen LogP) is 15.3. The molecule has 0 spiro atoms. The number of esters is 1. The van der Waals surface area contributed by atoms with Gasteiger partial charge in [-0.05, 0) is 64.2 Å². The zero-order valence-corrected chi connectivity index (χ0v) is 40.2. The highest BCUT2D eigenvalue weighted by Crippen LogP contribution is 2.17. The van der Waals surface area contributed by atoms with Crippen molar-refractivity contribution in [3.05, 3.63) is 97.2 Å². The van der Waals surface area contributed by atoms with Crippen LogP contribution < -0.4 is 5.32 Å². The first-order chi connectivity index (χ1) is 30.5. The van der Waals surface area contributed by atoms with Crippen molar-refractivity contribution in [1.82, 2.24) is 5.32 Å². The Bertz CT molecular complexity index is 1240. The van der Waals surface area contributed by atoms with Gasteiger partial charge in [-0.15, -0.1) is 0 Å². The largest absolute Gasteiger partial charge is 0.462 e. The third kappa shape index (κ3) is 43.4. The summed E-state index contributed by atoms with van der Waals surface area (Å²) < 4.78 is 5.88. The van der Waals surface area contributed by atoms with Gasteiger partial charge < -0.3 is 20.3 Å². The van der Waals surface area contributed by atoms with Crippen molar-refractivity contribution in [2.24, 2.45) is 0 Å². The number of hydrogen-bond donors (Lipinski definition) is 3. The summed E-state index contributed by atoms with van der Waals surface area (Å²) in [5.41, 5.74) is 0. The second-order valence-corrected chi connectivity index (χ2v) is 17.0. The Morgan fingerprint density at radius 1 is 0.484 bits per heavy atom. The van der Waals surface area contributed by atoms with Gasteiger partial charge in [-0.25, -0.2) is 0 Å². The zero-order valence-electron chi connectivity index (χ0n) is 40.2. The smallest absolute Gasteiger partial charge is 0.306 e. The molecule has 0 heterocycles. The van der Waals surface area contributed by atoms with E-state index >= 15 is 0 Å². The highest BCUT2D eigenvalue weighted by molar-refractivity contribution is 5.77. The number of carbonyl (C=O) groups is 2. The van der Waals surface area contributed by atoms with Crippen LogP contribution in [0.1, 0.15) is 220 Å². The third-order valence-corrected chi connectivity index (χ3v) is 11.1. The maximum Gasteiger partial charge on any atom is 0.306 e. The van der Waals surface area contributed by atoms with E-state index in [4.69, 9.17) is 4.74 Å². The van der Waals surface area contributed by atoms with Crippen molar-refractivity contribution in [2.75, 3.05) is 6.61 Å². The monoisotopic (exact) mass is 862 g/mol. The molecule has 62 heavy (non-hydrogen) atoms. The number of carbonyl (C=O) groups excluding carboxylic acids is 2. The van der Waals surface area contributed by atoms with Gasteiger partial charge in [-0.1, -0.05) is 240 Å². The first kappa shape index (κ1) is 58.8. The number of allylic oxidation sites excluding steroid dienone is 16. The van der Waals surface area contributed by atoms with Crippen molar-refractivity contribution in [3.63, 3.8) is 0 Å². The fourth-order valence-corrected chi connectivity index (χ4v) is 7.27. The average Bonchev–Trinajstić information content (AvgIpc) is 3.26. The molecule has 0 rings (SSSR count). The van der Waals surface area contributed by atoms with Gasteiger partial charge in [-0.2, -0.15) is 0 Å². The van der Waals surface area contributed by atoms with Crippen molar-refractivity contribution in [1.29, 1.82) is 0 Å². The summed E-state index contributed by atoms with van der Waals surface area (Å²) in [7, 11) is 0. The Hall–Kier alpha value is -3.22. The van der Waals surface area contributed by atoms with Crippen LogP contribution in [0.15, 0.2) is 97.2 Å². The maximum atomic E-state index is 13.2. The van der Waals surface area contributed by atoms with Crippen molar-refractivity contribution >= 4 is 11.9 Å². The van der Waals surface area contributed by atoms with Gasteiger partial charge in [0.05, 0.1) is 25.2 Å². The van der Waals surface area contributed by atoms with Gasteiger partial charge in [0.2, 0.25) is 5.91 Å². The topological polar surface area (TPSA) is 95.9 Å². The first-order valence-electron chi connectivity index (χ1n) is 25.6. The molecule has 0 saturated carbocycles. The van der Waals surface area contributed by atoms with E-state index < -0.39 is 18.2 Å². The molecular weight excluding hydrogens is 767 g/mol. The van der Waals surface area contributed by atoms with Crippen LogP contribution in [-0.2, 0) is 14.3 Å². The fourth-order valence-electron chi connectivity index (χ4n) is 7.27. The summed E-state index contributed by atoms with van der Waals surface area (Å²) in [6.45, 7) is 6.18. The molecule has 3 unspecified atom stereocenters. The molecule has 0 bridgehead atoms. The normalized spacial score (nSPS) is 14.1. The lowest BCUT2D eigenvalue weighted by Gasteiger charge is -2.24. The third-order valence-electron chi connectivity index (χ3n) is 11.1. The lowest BCUT2D eigenvalue weighted by molar-refractivity contribution is -0.151. The Balaban J connectivity index is 4.60. The molecule has 0 aromatic heterocycles. The minimum absolute atomic E-state index is 0.0315. The summed E-state index contributed by atoms with van der Waals surface area (Å²) in [4.78, 5) is 26.1. The van der Waals surface area contributed by atoms with Crippen LogP contribution in [0.5, 0.6) is 0 Å². The highest BCUT2D eigenvalue weighted by atomic mass is 16.5. The number of aliphatic hydroxyl groups is 2. The van der Waals surface area contributed by atoms with Crippen LogP contribution in [0, 0.1) is 0 Å². The predicted molar refractivity (Wildman–Crippen MR) is 268 cm³/mol. The number of aliphatic hydroxyl groups excluding tert-OH is 2. The number of hydrogen-bond acceptors (Lipinski definition) is 5. The summed E-state index contributed by atoms with van der Waals surface area (Å²) in [6.07, 6.45) is 64.7. The van der Waals surface area contributed by atoms with E-state index in [1.54, 1.807) is 0 Å². The van der Waals surface area contributed by atoms with Gasteiger partial charge in [0.25, 0.3) is 0 Å². The summed E-state index contributed by atoms with van der Waals surface area (Å²) in [5, 5.41) is 23.8. The quantitative estimate of drug-likeness (QED) is 0.0322. The number of rotatable bonds is 44. The molecule has 0 aromatic carbocycles. The molecule has 0 radical (unpaired) electrons. The summed E-state index contributed by atoms with van der Waals surface area (Å²) in [5.74, 6) is -0.566. The van der Waals surface area contributed by atoms with Crippen LogP contribution in [0.2, 0.25) is 0 Å². The Morgan fingerprint density at radius 2 is 0.871 bits per heavy atom. The van der Waals surface area contributed by atoms with Crippen LogP contribution in [-0.4, -0.2) is 46.9 Å². The molecule has 354 valence electrons. The van der Waals surface area contributed by atoms with Gasteiger partial charge in [0, 0.05) is 6.42 Å². The Kier molecular flexibility index (Phi) is 46.3. The van der Waals surface area contributed by atoms with Crippen molar-refractivity contribution in [2.45, 2.75) is 238 Å². The molecular formula is C56H95NO5. The highest BCUT2D eigenvalue weighted by Gasteiger charge is 2.24. The molecule has 3 atom stereocenters. The standard InChI is InChI=1S/C56H95NO5/c1-4-7-10-13-16-19-22-24-26-27-29-30-33-36-39-42-45-48-54(59)53(51-58)57-55(60)50-52(47-44-41-38-35-32-21-18-15-12-9-6-3)62-56(61)49-46-43-40-37-34-31-28-25-23-20-17-14-11-8-5-2/h8-9,11-12,14-15,17-18,20-21,23,25,28,31-32,34,52-54,58-59H,4-7,10,13,16,19,22,24,26-27,29-30,33,35-51H2,1-3H3,(H,57,60)/b11-8+,12-9+,17-14+,18-15+,23-20-,28-25-,32-21-,34-31+. The number of ether oxygens (including phenoxy) is 1. The van der Waals surface area contributed by atoms with E-state index in [1.807, 2.05) is 54.7 Å². The van der Waals surface area contributed by atoms with E-state index in [9.17, 15) is 19.8 Å². The lowest BCUT2D eigenvalue weighted by atomic mass is 10.0. The summed E-state index contributed by atoms with van der Waals surface area (Å²) >= 11 is 0. The van der Waals surface area contributed by atoms with E-state index in [0.29, 0.717) is 19.3 Å². The second kappa shape index (κ2) is 48.8. The van der Waals surface area contributed by atoms with E-state index in [0.717, 1.165) is 83.5 Å². The van der Waals surface area contributed by atoms with E-state index in [-0.39, 0.29) is 24.9 Å². The molecule has 0 aliphatic heterocycles. The van der Waals surface area contributed by atoms with Gasteiger partial charge in [-0.3, -0.25) is 9.59 Å². The molecule has 6 heteroatoms. The van der Waals surface area contributed by atoms with Crippen LogP contribution in [0.4, 0.5) is 0 Å².